The van der Waals surface area contributed by atoms with Crippen molar-refractivity contribution in [3.63, 3.8) is 0 Å². The van der Waals surface area contributed by atoms with E-state index in [2.05, 4.69) is 26.2 Å². The van der Waals surface area contributed by atoms with Crippen molar-refractivity contribution in [1.82, 2.24) is 20.2 Å². The lowest BCUT2D eigenvalue weighted by atomic mass is 10.0. The van der Waals surface area contributed by atoms with E-state index in [4.69, 9.17) is 4.74 Å². The van der Waals surface area contributed by atoms with Crippen LogP contribution in [0.25, 0.3) is 22.0 Å². The molecule has 3 heterocycles. The molecule has 4 rings (SSSR count). The molecule has 0 saturated carbocycles. The summed E-state index contributed by atoms with van der Waals surface area (Å²) in [6, 6.07) is 4.03. The molecule has 3 aromatic rings. The Morgan fingerprint density at radius 2 is 2.17 bits per heavy atom. The number of nitrogens with zero attached hydrogens (tertiary/aromatic N) is 3. The van der Waals surface area contributed by atoms with Crippen molar-refractivity contribution < 1.29 is 4.74 Å². The smallest absolute Gasteiger partial charge is 0.131 e. The number of hydrogen-bond donors (Lipinski definition) is 1. The third-order valence-corrected chi connectivity index (χ3v) is 3.18. The summed E-state index contributed by atoms with van der Waals surface area (Å²) in [5.74, 6) is 1.62. The molecule has 1 aromatic carbocycles. The number of rotatable bonds is 0. The van der Waals surface area contributed by atoms with Gasteiger partial charge in [-0.05, 0) is 13.0 Å². The Kier molecular flexibility index (Phi) is 1.75. The second-order valence-corrected chi connectivity index (χ2v) is 4.37. The maximum absolute atomic E-state index is 5.74. The molecule has 0 aliphatic carbocycles. The van der Waals surface area contributed by atoms with Gasteiger partial charge in [0.15, 0.2) is 0 Å². The third-order valence-electron chi connectivity index (χ3n) is 3.18. The summed E-state index contributed by atoms with van der Waals surface area (Å²) in [6.45, 7) is 2.38. The number of benzene rings is 1. The second kappa shape index (κ2) is 3.29. The number of ether oxygens (including phenoxy) is 1. The summed E-state index contributed by atoms with van der Waals surface area (Å²) < 4.78 is 5.74. The summed E-state index contributed by atoms with van der Waals surface area (Å²) >= 11 is 0. The van der Waals surface area contributed by atoms with Gasteiger partial charge in [0.25, 0.3) is 0 Å². The van der Waals surface area contributed by atoms with Crippen LogP contribution < -0.4 is 4.74 Å². The van der Waals surface area contributed by atoms with Crippen LogP contribution in [0.2, 0.25) is 0 Å². The van der Waals surface area contributed by atoms with Crippen molar-refractivity contribution in [2.75, 3.05) is 0 Å². The number of nitrogens with one attached hydrogen (secondary N) is 1. The zero-order chi connectivity index (χ0) is 12.1. The lowest BCUT2D eigenvalue weighted by Gasteiger charge is -2.19. The number of H-pyrrole nitrogens is 1. The fourth-order valence-electron chi connectivity index (χ4n) is 2.30. The Labute approximate surface area is 103 Å². The minimum atomic E-state index is 0.491. The van der Waals surface area contributed by atoms with Gasteiger partial charge < -0.3 is 4.74 Å². The number of aryl methyl sites for hydroxylation is 1. The number of aromatic amines is 1. The van der Waals surface area contributed by atoms with Crippen LogP contribution in [0.3, 0.4) is 0 Å². The Morgan fingerprint density at radius 1 is 1.22 bits per heavy atom. The Hall–Kier alpha value is -2.43. The molecular formula is C13H10N4O. The fraction of sp³-hybridized carbons (Fsp3) is 0.154. The van der Waals surface area contributed by atoms with E-state index in [1.165, 1.54) is 0 Å². The topological polar surface area (TPSA) is 63.7 Å². The van der Waals surface area contributed by atoms with Crippen LogP contribution in [0.1, 0.15) is 11.5 Å². The van der Waals surface area contributed by atoms with Crippen LogP contribution >= 0.6 is 0 Å². The first kappa shape index (κ1) is 9.58. The maximum Gasteiger partial charge on any atom is 0.131 e. The molecule has 1 aliphatic rings. The van der Waals surface area contributed by atoms with Gasteiger partial charge in [0.1, 0.15) is 18.2 Å². The Bertz CT molecular complexity index is 763. The predicted octanol–water partition coefficient (Wildman–Crippen LogP) is 2.22. The number of aromatic nitrogens is 4. The van der Waals surface area contributed by atoms with Crippen molar-refractivity contribution >= 4 is 10.9 Å². The molecule has 2 aromatic heterocycles. The highest BCUT2D eigenvalue weighted by Gasteiger charge is 2.20. The van der Waals surface area contributed by atoms with Crippen LogP contribution in [0, 0.1) is 6.92 Å². The van der Waals surface area contributed by atoms with E-state index < -0.39 is 0 Å². The second-order valence-electron chi connectivity index (χ2n) is 4.37. The molecule has 0 amide bonds. The van der Waals surface area contributed by atoms with Crippen LogP contribution in [0.4, 0.5) is 0 Å². The van der Waals surface area contributed by atoms with Crippen molar-refractivity contribution in [2.24, 2.45) is 0 Å². The van der Waals surface area contributed by atoms with E-state index in [1.807, 2.05) is 19.2 Å². The van der Waals surface area contributed by atoms with Crippen LogP contribution in [0.5, 0.6) is 5.75 Å². The van der Waals surface area contributed by atoms with Gasteiger partial charge in [0.05, 0.1) is 17.4 Å². The monoisotopic (exact) mass is 238 g/mol. The minimum absolute atomic E-state index is 0.491. The minimum Gasteiger partial charge on any atom is -0.487 e. The molecule has 1 N–H and O–H groups in total. The first-order valence-electron chi connectivity index (χ1n) is 5.74. The summed E-state index contributed by atoms with van der Waals surface area (Å²) in [5.41, 5.74) is 4.00. The molecule has 5 heteroatoms. The molecule has 18 heavy (non-hydrogen) atoms. The van der Waals surface area contributed by atoms with E-state index in [9.17, 15) is 0 Å². The Morgan fingerprint density at radius 3 is 3.11 bits per heavy atom. The summed E-state index contributed by atoms with van der Waals surface area (Å²) in [7, 11) is 0. The molecule has 1 aliphatic heterocycles. The highest BCUT2D eigenvalue weighted by molar-refractivity contribution is 5.88. The third kappa shape index (κ3) is 1.24. The molecule has 0 fully saturated rings. The van der Waals surface area contributed by atoms with E-state index in [0.29, 0.717) is 6.61 Å². The molecular weight excluding hydrogens is 228 g/mol. The normalized spacial score (nSPS) is 12.9. The largest absolute Gasteiger partial charge is 0.487 e. The average Bonchev–Trinajstić information content (AvgIpc) is 2.82. The molecule has 88 valence electrons. The van der Waals surface area contributed by atoms with Gasteiger partial charge in [-0.2, -0.15) is 5.10 Å². The van der Waals surface area contributed by atoms with Crippen molar-refractivity contribution in [1.29, 1.82) is 0 Å². The van der Waals surface area contributed by atoms with Crippen LogP contribution in [-0.2, 0) is 6.61 Å². The number of hydrogen-bond acceptors (Lipinski definition) is 4. The van der Waals surface area contributed by atoms with Gasteiger partial charge in [0.2, 0.25) is 0 Å². The quantitative estimate of drug-likeness (QED) is 0.652. The first-order valence-corrected chi connectivity index (χ1v) is 5.74. The standard InChI is InChI=1S/C13H10N4O/c1-7-14-5-10-9-2-8-4-15-17-11(8)3-13(9)18-6-12(10)16-7/h2-5H,6H2,1H3,(H,15,17). The summed E-state index contributed by atoms with van der Waals surface area (Å²) in [4.78, 5) is 8.69. The van der Waals surface area contributed by atoms with Crippen LogP contribution in [-0.4, -0.2) is 20.2 Å². The van der Waals surface area contributed by atoms with Crippen molar-refractivity contribution in [2.45, 2.75) is 13.5 Å². The van der Waals surface area contributed by atoms with Gasteiger partial charge in [-0.15, -0.1) is 0 Å². The predicted molar refractivity (Wildman–Crippen MR) is 66.2 cm³/mol. The molecule has 0 saturated heterocycles. The van der Waals surface area contributed by atoms with Gasteiger partial charge in [0, 0.05) is 28.8 Å². The van der Waals surface area contributed by atoms with E-state index in [-0.39, 0.29) is 0 Å². The highest BCUT2D eigenvalue weighted by Crippen LogP contribution is 2.38. The van der Waals surface area contributed by atoms with Gasteiger partial charge >= 0.3 is 0 Å². The lowest BCUT2D eigenvalue weighted by molar-refractivity contribution is 0.297. The van der Waals surface area contributed by atoms with Gasteiger partial charge in [-0.1, -0.05) is 0 Å². The first-order chi connectivity index (χ1) is 8.81. The summed E-state index contributed by atoms with van der Waals surface area (Å²) in [6.07, 6.45) is 3.67. The molecule has 0 radical (unpaired) electrons. The summed E-state index contributed by atoms with van der Waals surface area (Å²) in [5, 5.41) is 8.03. The maximum atomic E-state index is 5.74. The molecule has 0 bridgehead atoms. The van der Waals surface area contributed by atoms with Gasteiger partial charge in [-0.25, -0.2) is 9.97 Å². The Balaban J connectivity index is 2.03. The molecule has 0 unspecified atom stereocenters. The molecule has 5 nitrogen and oxygen atoms in total. The fourth-order valence-corrected chi connectivity index (χ4v) is 2.30. The molecule has 0 spiro atoms. The zero-order valence-corrected chi connectivity index (χ0v) is 9.77. The molecule has 0 atom stereocenters. The van der Waals surface area contributed by atoms with E-state index in [0.717, 1.165) is 39.3 Å². The lowest BCUT2D eigenvalue weighted by Crippen LogP contribution is -2.09. The van der Waals surface area contributed by atoms with Crippen molar-refractivity contribution in [3.05, 3.63) is 36.0 Å². The van der Waals surface area contributed by atoms with Crippen LogP contribution in [0.15, 0.2) is 24.5 Å². The van der Waals surface area contributed by atoms with Crippen molar-refractivity contribution in [3.8, 4) is 16.9 Å². The van der Waals surface area contributed by atoms with E-state index in [1.54, 1.807) is 6.20 Å². The zero-order valence-electron chi connectivity index (χ0n) is 9.77. The SMILES string of the molecule is Cc1ncc2c(n1)COc1cc3[nH]ncc3cc1-2. The van der Waals surface area contributed by atoms with E-state index >= 15 is 0 Å². The number of fused-ring (bicyclic) bond motifs is 4. The van der Waals surface area contributed by atoms with Gasteiger partial charge in [-0.3, -0.25) is 5.10 Å². The average molecular weight is 238 g/mol. The highest BCUT2D eigenvalue weighted by atomic mass is 16.5.